The van der Waals surface area contributed by atoms with Crippen molar-refractivity contribution in [1.82, 2.24) is 0 Å². The fourth-order valence-electron chi connectivity index (χ4n) is 2.49. The number of ether oxygens (including phenoxy) is 1. The Kier molecular flexibility index (Phi) is 5.62. The number of nitrogens with zero attached hydrogens (tertiary/aromatic N) is 1. The molecule has 18 heavy (non-hydrogen) atoms. The van der Waals surface area contributed by atoms with Crippen LogP contribution in [0.5, 0.6) is 0 Å². The predicted molar refractivity (Wildman–Crippen MR) is 74.0 cm³/mol. The van der Waals surface area contributed by atoms with Gasteiger partial charge in [-0.15, -0.1) is 0 Å². The van der Waals surface area contributed by atoms with Crippen molar-refractivity contribution in [3.8, 4) is 6.07 Å². The van der Waals surface area contributed by atoms with Crippen LogP contribution >= 0.6 is 0 Å². The Labute approximate surface area is 112 Å². The van der Waals surface area contributed by atoms with Gasteiger partial charge in [0.1, 0.15) is 5.54 Å². The molecule has 104 valence electrons. The third kappa shape index (κ3) is 4.96. The van der Waals surface area contributed by atoms with Crippen LogP contribution in [-0.2, 0) is 4.74 Å². The van der Waals surface area contributed by atoms with Gasteiger partial charge in [0.2, 0.25) is 0 Å². The maximum atomic E-state index is 8.98. The first-order valence-corrected chi connectivity index (χ1v) is 7.22. The van der Waals surface area contributed by atoms with Gasteiger partial charge in [0, 0.05) is 6.61 Å². The van der Waals surface area contributed by atoms with E-state index in [0.717, 1.165) is 19.4 Å². The Morgan fingerprint density at radius 1 is 1.39 bits per heavy atom. The summed E-state index contributed by atoms with van der Waals surface area (Å²) in [6, 6.07) is 2.20. The van der Waals surface area contributed by atoms with Crippen molar-refractivity contribution in [2.24, 2.45) is 11.1 Å². The normalized spacial score (nSPS) is 23.3. The summed E-state index contributed by atoms with van der Waals surface area (Å²) in [5, 5.41) is 8.98. The average molecular weight is 252 g/mol. The molecule has 3 heteroatoms. The molecule has 0 heterocycles. The molecule has 1 unspecified atom stereocenters. The van der Waals surface area contributed by atoms with E-state index in [4.69, 9.17) is 15.7 Å². The molecule has 0 aromatic carbocycles. The molecule has 2 N–H and O–H groups in total. The van der Waals surface area contributed by atoms with Crippen molar-refractivity contribution in [2.75, 3.05) is 6.61 Å². The van der Waals surface area contributed by atoms with Gasteiger partial charge in [0.15, 0.2) is 0 Å². The van der Waals surface area contributed by atoms with E-state index in [9.17, 15) is 0 Å². The monoisotopic (exact) mass is 252 g/mol. The Morgan fingerprint density at radius 2 is 2.00 bits per heavy atom. The second-order valence-electron chi connectivity index (χ2n) is 6.46. The zero-order valence-corrected chi connectivity index (χ0v) is 12.2. The Balaban J connectivity index is 2.15. The molecule has 0 saturated heterocycles. The molecule has 3 nitrogen and oxygen atoms in total. The molecule has 0 bridgehead atoms. The van der Waals surface area contributed by atoms with Gasteiger partial charge in [-0.3, -0.25) is 0 Å². The van der Waals surface area contributed by atoms with E-state index in [2.05, 4.69) is 19.9 Å². The van der Waals surface area contributed by atoms with Crippen molar-refractivity contribution in [3.05, 3.63) is 0 Å². The summed E-state index contributed by atoms with van der Waals surface area (Å²) in [6.07, 6.45) is 7.61. The van der Waals surface area contributed by atoms with Crippen LogP contribution in [0.3, 0.4) is 0 Å². The van der Waals surface area contributed by atoms with Gasteiger partial charge < -0.3 is 10.5 Å². The molecule has 1 aliphatic carbocycles. The summed E-state index contributed by atoms with van der Waals surface area (Å²) in [6.45, 7) is 7.37. The molecule has 1 rings (SSSR count). The summed E-state index contributed by atoms with van der Waals surface area (Å²) in [4.78, 5) is 0. The maximum absolute atomic E-state index is 8.98. The molecule has 0 aromatic rings. The van der Waals surface area contributed by atoms with E-state index in [1.54, 1.807) is 0 Å². The fourth-order valence-corrected chi connectivity index (χ4v) is 2.49. The summed E-state index contributed by atoms with van der Waals surface area (Å²) >= 11 is 0. The lowest BCUT2D eigenvalue weighted by Gasteiger charge is -2.34. The fraction of sp³-hybridized carbons (Fsp3) is 0.933. The van der Waals surface area contributed by atoms with Gasteiger partial charge in [-0.1, -0.05) is 20.8 Å². The van der Waals surface area contributed by atoms with E-state index in [0.29, 0.717) is 17.9 Å². The van der Waals surface area contributed by atoms with Crippen LogP contribution in [0.15, 0.2) is 0 Å². The van der Waals surface area contributed by atoms with Gasteiger partial charge in [-0.05, 0) is 50.4 Å². The van der Waals surface area contributed by atoms with Crippen molar-refractivity contribution in [2.45, 2.75) is 77.4 Å². The zero-order chi connectivity index (χ0) is 13.6. The smallest absolute Gasteiger partial charge is 0.104 e. The van der Waals surface area contributed by atoms with Crippen molar-refractivity contribution >= 4 is 0 Å². The van der Waals surface area contributed by atoms with E-state index >= 15 is 0 Å². The second kappa shape index (κ2) is 6.54. The Morgan fingerprint density at radius 3 is 2.50 bits per heavy atom. The van der Waals surface area contributed by atoms with Crippen molar-refractivity contribution in [1.29, 1.82) is 5.26 Å². The average Bonchev–Trinajstić information content (AvgIpc) is 2.36. The summed E-state index contributed by atoms with van der Waals surface area (Å²) in [5.41, 5.74) is 5.78. The highest BCUT2D eigenvalue weighted by atomic mass is 16.5. The quantitative estimate of drug-likeness (QED) is 0.737. The predicted octanol–water partition coefficient (Wildman–Crippen LogP) is 3.38. The lowest BCUT2D eigenvalue weighted by atomic mass is 9.76. The first kappa shape index (κ1) is 15.5. The molecule has 0 spiro atoms. The summed E-state index contributed by atoms with van der Waals surface area (Å²) < 4.78 is 5.90. The number of rotatable bonds is 6. The number of nitriles is 1. The molecule has 0 aliphatic heterocycles. The molecule has 1 aliphatic rings. The van der Waals surface area contributed by atoms with Crippen LogP contribution in [-0.4, -0.2) is 18.2 Å². The molecule has 1 fully saturated rings. The molecule has 0 amide bonds. The lowest BCUT2D eigenvalue weighted by molar-refractivity contribution is 0.00183. The van der Waals surface area contributed by atoms with Crippen LogP contribution in [0.2, 0.25) is 0 Å². The first-order valence-electron chi connectivity index (χ1n) is 7.22. The summed E-state index contributed by atoms with van der Waals surface area (Å²) in [5.74, 6) is 0. The molecule has 0 radical (unpaired) electrons. The standard InChI is InChI=1S/C15H28N2O/c1-4-15(17,12-16)8-5-11-18-13-6-9-14(2,3)10-7-13/h13H,4-11,17H2,1-3H3. The molecular weight excluding hydrogens is 224 g/mol. The number of hydrogen-bond acceptors (Lipinski definition) is 3. The molecule has 0 aromatic heterocycles. The minimum atomic E-state index is -0.655. The van der Waals surface area contributed by atoms with E-state index in [1.165, 1.54) is 25.7 Å². The second-order valence-corrected chi connectivity index (χ2v) is 6.46. The summed E-state index contributed by atoms with van der Waals surface area (Å²) in [7, 11) is 0. The first-order chi connectivity index (χ1) is 8.41. The molecular formula is C15H28N2O. The number of hydrogen-bond donors (Lipinski definition) is 1. The molecule has 1 saturated carbocycles. The Bertz CT molecular complexity index is 285. The zero-order valence-electron chi connectivity index (χ0n) is 12.2. The Hall–Kier alpha value is -0.590. The van der Waals surface area contributed by atoms with Gasteiger partial charge in [-0.25, -0.2) is 0 Å². The van der Waals surface area contributed by atoms with Gasteiger partial charge >= 0.3 is 0 Å². The van der Waals surface area contributed by atoms with E-state index in [-0.39, 0.29) is 0 Å². The highest BCUT2D eigenvalue weighted by Crippen LogP contribution is 2.36. The lowest BCUT2D eigenvalue weighted by Crippen LogP contribution is -2.37. The van der Waals surface area contributed by atoms with Crippen molar-refractivity contribution in [3.63, 3.8) is 0 Å². The third-order valence-corrected chi connectivity index (χ3v) is 4.26. The van der Waals surface area contributed by atoms with Crippen LogP contribution < -0.4 is 5.73 Å². The van der Waals surface area contributed by atoms with E-state index < -0.39 is 5.54 Å². The van der Waals surface area contributed by atoms with Gasteiger partial charge in [0.25, 0.3) is 0 Å². The SMILES string of the molecule is CCC(N)(C#N)CCCOC1CCC(C)(C)CC1. The van der Waals surface area contributed by atoms with Crippen LogP contribution in [0.1, 0.15) is 65.7 Å². The third-order valence-electron chi connectivity index (χ3n) is 4.26. The largest absolute Gasteiger partial charge is 0.378 e. The van der Waals surface area contributed by atoms with E-state index in [1.807, 2.05) is 6.92 Å². The molecule has 1 atom stereocenters. The minimum Gasteiger partial charge on any atom is -0.378 e. The maximum Gasteiger partial charge on any atom is 0.104 e. The van der Waals surface area contributed by atoms with Gasteiger partial charge in [-0.2, -0.15) is 5.26 Å². The van der Waals surface area contributed by atoms with Gasteiger partial charge in [0.05, 0.1) is 12.2 Å². The van der Waals surface area contributed by atoms with Crippen LogP contribution in [0.25, 0.3) is 0 Å². The highest BCUT2D eigenvalue weighted by Gasteiger charge is 2.27. The van der Waals surface area contributed by atoms with Crippen LogP contribution in [0.4, 0.5) is 0 Å². The minimum absolute atomic E-state index is 0.425. The van der Waals surface area contributed by atoms with Crippen LogP contribution in [0, 0.1) is 16.7 Å². The highest BCUT2D eigenvalue weighted by molar-refractivity contribution is 5.03. The topological polar surface area (TPSA) is 59.0 Å². The number of nitrogens with two attached hydrogens (primary N) is 1. The van der Waals surface area contributed by atoms with Crippen molar-refractivity contribution < 1.29 is 4.74 Å².